The number of hydrogen-bond acceptors (Lipinski definition) is 4. The molecule has 3 heterocycles. The quantitative estimate of drug-likeness (QED) is 0.211. The fraction of sp³-hybridized carbons (Fsp3) is 0. The molecule has 206 valence electrons. The lowest BCUT2D eigenvalue weighted by atomic mass is 10.1. The molecule has 9 rings (SSSR count). The molecule has 0 aliphatic carbocycles. The summed E-state index contributed by atoms with van der Waals surface area (Å²) in [5.41, 5.74) is 3.92. The number of hydrogen-bond donors (Lipinski definition) is 0. The van der Waals surface area contributed by atoms with Crippen LogP contribution in [0.5, 0.6) is 0 Å². The molecule has 0 bridgehead atoms. The zero-order valence-electron chi connectivity index (χ0n) is 30.9. The Morgan fingerprint density at radius 3 is 1.82 bits per heavy atom. The van der Waals surface area contributed by atoms with Gasteiger partial charge in [-0.15, -0.1) is 0 Å². The molecular formula is C39H24N4O. The van der Waals surface area contributed by atoms with Crippen molar-refractivity contribution >= 4 is 43.7 Å². The van der Waals surface area contributed by atoms with E-state index in [9.17, 15) is 0 Å². The molecule has 0 radical (unpaired) electrons. The number of furan rings is 1. The van der Waals surface area contributed by atoms with Crippen LogP contribution in [0.15, 0.2) is 150 Å². The van der Waals surface area contributed by atoms with Gasteiger partial charge in [0.1, 0.15) is 11.2 Å². The van der Waals surface area contributed by atoms with E-state index in [0.29, 0.717) is 39.9 Å². The van der Waals surface area contributed by atoms with Gasteiger partial charge in [0.2, 0.25) is 0 Å². The summed E-state index contributed by atoms with van der Waals surface area (Å²) in [5.74, 6) is 1.15. The lowest BCUT2D eigenvalue weighted by Crippen LogP contribution is -2.01. The maximum absolute atomic E-state index is 8.89. The van der Waals surface area contributed by atoms with Crippen LogP contribution in [0.25, 0.3) is 83.6 Å². The number of nitrogens with zero attached hydrogens (tertiary/aromatic N) is 4. The van der Waals surface area contributed by atoms with Crippen molar-refractivity contribution in [2.75, 3.05) is 0 Å². The molecular weight excluding hydrogens is 540 g/mol. The minimum absolute atomic E-state index is 0.00759. The molecule has 0 aliphatic heterocycles. The maximum Gasteiger partial charge on any atom is 0.164 e. The highest BCUT2D eigenvalue weighted by Crippen LogP contribution is 2.35. The minimum atomic E-state index is -0.496. The van der Waals surface area contributed by atoms with E-state index in [1.54, 1.807) is 24.3 Å². The average molecular weight is 573 g/mol. The molecule has 9 aromatic rings. The molecule has 5 nitrogen and oxygen atoms in total. The lowest BCUT2D eigenvalue weighted by Gasteiger charge is -2.11. The number of aromatic nitrogens is 4. The van der Waals surface area contributed by atoms with Gasteiger partial charge in [0.25, 0.3) is 0 Å². The Bertz CT molecular complexity index is 2880. The Hall–Kier alpha value is -6.07. The topological polar surface area (TPSA) is 56.7 Å². The van der Waals surface area contributed by atoms with E-state index in [1.165, 1.54) is 4.57 Å². The smallest absolute Gasteiger partial charge is 0.164 e. The van der Waals surface area contributed by atoms with Crippen molar-refractivity contribution in [2.24, 2.45) is 0 Å². The van der Waals surface area contributed by atoms with Crippen LogP contribution in [-0.4, -0.2) is 19.5 Å². The van der Waals surface area contributed by atoms with Gasteiger partial charge in [-0.1, -0.05) is 103 Å². The van der Waals surface area contributed by atoms with Crippen LogP contribution in [0, 0.1) is 0 Å². The molecule has 0 saturated heterocycles. The fourth-order valence-electron chi connectivity index (χ4n) is 5.68. The lowest BCUT2D eigenvalue weighted by molar-refractivity contribution is 0.669. The van der Waals surface area contributed by atoms with Crippen LogP contribution in [0.2, 0.25) is 0 Å². The van der Waals surface area contributed by atoms with Crippen LogP contribution in [0.3, 0.4) is 0 Å². The maximum atomic E-state index is 8.89. The first-order chi connectivity index (χ1) is 25.1. The van der Waals surface area contributed by atoms with Gasteiger partial charge in [-0.3, -0.25) is 0 Å². The molecule has 0 aliphatic rings. The van der Waals surface area contributed by atoms with E-state index in [2.05, 4.69) is 0 Å². The van der Waals surface area contributed by atoms with E-state index in [-0.39, 0.29) is 33.9 Å². The van der Waals surface area contributed by atoms with Gasteiger partial charge >= 0.3 is 0 Å². The molecule has 0 fully saturated rings. The summed E-state index contributed by atoms with van der Waals surface area (Å²) >= 11 is 0. The SMILES string of the molecule is [2H]c1c([2H])c([2H])c2c(c1[2H])c1c([2H])c([2H])c([2H])c([2H])c1n2-c1cccc(-c2nc(-c3ccccc3)nc(-c3ccc4c(c3)oc3ccccc34)n2)c1. The van der Waals surface area contributed by atoms with E-state index in [1.807, 2.05) is 72.8 Å². The highest BCUT2D eigenvalue weighted by atomic mass is 16.3. The Balaban J connectivity index is 1.30. The van der Waals surface area contributed by atoms with Crippen molar-refractivity contribution in [2.45, 2.75) is 0 Å². The van der Waals surface area contributed by atoms with Gasteiger partial charge in [0.05, 0.1) is 22.0 Å². The molecule has 3 aromatic heterocycles. The monoisotopic (exact) mass is 572 g/mol. The Morgan fingerprint density at radius 1 is 0.477 bits per heavy atom. The first kappa shape index (κ1) is 17.8. The first-order valence-corrected chi connectivity index (χ1v) is 14.0. The number of benzene rings is 6. The normalized spacial score (nSPS) is 14.2. The molecule has 0 N–H and O–H groups in total. The summed E-state index contributed by atoms with van der Waals surface area (Å²) in [6.45, 7) is 0. The molecule has 0 amide bonds. The van der Waals surface area contributed by atoms with Crippen molar-refractivity contribution in [1.82, 2.24) is 19.5 Å². The number of rotatable bonds is 4. The third kappa shape index (κ3) is 3.91. The zero-order valence-corrected chi connectivity index (χ0v) is 22.9. The van der Waals surface area contributed by atoms with Gasteiger partial charge in [0, 0.05) is 43.9 Å². The third-order valence-corrected chi connectivity index (χ3v) is 7.70. The standard InChI is InChI=1S/C39H24N4O/c1-2-11-25(12-3-1)37-40-38(42-39(41-37)27-21-22-32-31-17-6-9-20-35(31)44-36(32)24-27)26-13-10-14-28(23-26)43-33-18-7-4-15-29(33)30-16-5-8-19-34(30)43/h1-24H/i4D,5D,7D,8D,15D,16D,18D,19D. The molecule has 0 spiro atoms. The second kappa shape index (κ2) is 9.75. The fourth-order valence-corrected chi connectivity index (χ4v) is 5.68. The Morgan fingerprint density at radius 2 is 1.07 bits per heavy atom. The van der Waals surface area contributed by atoms with Crippen LogP contribution >= 0.6 is 0 Å². The van der Waals surface area contributed by atoms with Crippen molar-refractivity contribution in [3.8, 4) is 39.9 Å². The van der Waals surface area contributed by atoms with E-state index < -0.39 is 36.3 Å². The third-order valence-electron chi connectivity index (χ3n) is 7.70. The number of para-hydroxylation sites is 3. The minimum Gasteiger partial charge on any atom is -0.456 e. The first-order valence-electron chi connectivity index (χ1n) is 18.0. The van der Waals surface area contributed by atoms with E-state index in [0.717, 1.165) is 21.9 Å². The van der Waals surface area contributed by atoms with Crippen molar-refractivity contribution < 1.29 is 15.4 Å². The molecule has 6 aromatic carbocycles. The molecule has 0 atom stereocenters. The summed E-state index contributed by atoms with van der Waals surface area (Å²) in [6.07, 6.45) is 0. The molecule has 0 saturated carbocycles. The van der Waals surface area contributed by atoms with Crippen molar-refractivity contribution in [3.63, 3.8) is 0 Å². The summed E-state index contributed by atoms with van der Waals surface area (Å²) in [6, 6.07) is 26.6. The predicted molar refractivity (Wildman–Crippen MR) is 178 cm³/mol. The molecule has 5 heteroatoms. The van der Waals surface area contributed by atoms with Crippen LogP contribution in [0.1, 0.15) is 11.0 Å². The predicted octanol–water partition coefficient (Wildman–Crippen LogP) is 9.87. The Kier molecular flexibility index (Phi) is 3.94. The largest absolute Gasteiger partial charge is 0.456 e. The second-order valence-corrected chi connectivity index (χ2v) is 10.3. The van der Waals surface area contributed by atoms with Gasteiger partial charge < -0.3 is 8.98 Å². The van der Waals surface area contributed by atoms with E-state index in [4.69, 9.17) is 30.3 Å². The van der Waals surface area contributed by atoms with Crippen molar-refractivity contribution in [1.29, 1.82) is 0 Å². The number of fused-ring (bicyclic) bond motifs is 6. The summed E-state index contributed by atoms with van der Waals surface area (Å²) in [5, 5.41) is 1.98. The van der Waals surface area contributed by atoms with Crippen LogP contribution in [0.4, 0.5) is 0 Å². The molecule has 44 heavy (non-hydrogen) atoms. The van der Waals surface area contributed by atoms with Crippen LogP contribution < -0.4 is 0 Å². The zero-order chi connectivity index (χ0) is 36.0. The highest BCUT2D eigenvalue weighted by Gasteiger charge is 2.16. The Labute approximate surface area is 263 Å². The van der Waals surface area contributed by atoms with Gasteiger partial charge in [-0.05, 0) is 42.4 Å². The summed E-state index contributed by atoms with van der Waals surface area (Å²) in [4.78, 5) is 14.6. The average Bonchev–Trinajstić information content (AvgIpc) is 3.74. The van der Waals surface area contributed by atoms with Gasteiger partial charge in [0.15, 0.2) is 17.5 Å². The van der Waals surface area contributed by atoms with Crippen molar-refractivity contribution in [3.05, 3.63) is 145 Å². The summed E-state index contributed by atoms with van der Waals surface area (Å²) in [7, 11) is 0. The van der Waals surface area contributed by atoms with Gasteiger partial charge in [-0.2, -0.15) is 0 Å². The van der Waals surface area contributed by atoms with Gasteiger partial charge in [-0.25, -0.2) is 15.0 Å². The second-order valence-electron chi connectivity index (χ2n) is 10.3. The van der Waals surface area contributed by atoms with Crippen LogP contribution in [-0.2, 0) is 0 Å². The highest BCUT2D eigenvalue weighted by molar-refractivity contribution is 6.09. The molecule has 0 unspecified atom stereocenters. The van der Waals surface area contributed by atoms with E-state index >= 15 is 0 Å². The summed E-state index contributed by atoms with van der Waals surface area (Å²) < 4.78 is 76.5.